The second-order valence-electron chi connectivity index (χ2n) is 4.68. The van der Waals surface area contributed by atoms with Crippen molar-refractivity contribution in [2.45, 2.75) is 0 Å². The molecule has 0 atom stereocenters. The van der Waals surface area contributed by atoms with E-state index in [0.29, 0.717) is 5.56 Å². The fourth-order valence-corrected chi connectivity index (χ4v) is 2.02. The van der Waals surface area contributed by atoms with Crippen molar-refractivity contribution in [3.63, 3.8) is 0 Å². The lowest BCUT2D eigenvalue weighted by Crippen LogP contribution is -2.05. The SMILES string of the molecule is Cn1cccc1/C=C1\N=C(c2ccc([N+](=O)[O-])cc2)OC1=O. The number of carbonyl (C=O) groups is 1. The van der Waals surface area contributed by atoms with E-state index in [4.69, 9.17) is 4.74 Å². The maximum Gasteiger partial charge on any atom is 0.363 e. The Morgan fingerprint density at radius 3 is 2.59 bits per heavy atom. The molecule has 0 N–H and O–H groups in total. The predicted molar refractivity (Wildman–Crippen MR) is 79.1 cm³/mol. The van der Waals surface area contributed by atoms with Crippen LogP contribution in [0.4, 0.5) is 5.69 Å². The van der Waals surface area contributed by atoms with Crippen LogP contribution in [0.2, 0.25) is 0 Å². The van der Waals surface area contributed by atoms with Gasteiger partial charge in [-0.25, -0.2) is 9.79 Å². The van der Waals surface area contributed by atoms with Crippen LogP contribution >= 0.6 is 0 Å². The summed E-state index contributed by atoms with van der Waals surface area (Å²) in [5.41, 5.74) is 1.48. The van der Waals surface area contributed by atoms with E-state index in [1.165, 1.54) is 24.3 Å². The Bertz CT molecular complexity index is 816. The standard InChI is InChI=1S/C15H11N3O4/c1-17-8-2-3-12(17)9-13-15(19)22-14(16-13)10-4-6-11(7-5-10)18(20)21/h2-9H,1H3/b13-9-. The number of aryl methyl sites for hydroxylation is 1. The highest BCUT2D eigenvalue weighted by molar-refractivity contribution is 6.12. The normalized spacial score (nSPS) is 15.8. The first-order valence-electron chi connectivity index (χ1n) is 6.43. The van der Waals surface area contributed by atoms with Gasteiger partial charge in [-0.05, 0) is 30.3 Å². The summed E-state index contributed by atoms with van der Waals surface area (Å²) in [4.78, 5) is 26.1. The van der Waals surface area contributed by atoms with Gasteiger partial charge in [-0.1, -0.05) is 0 Å². The monoisotopic (exact) mass is 297 g/mol. The number of benzene rings is 1. The van der Waals surface area contributed by atoms with Crippen molar-refractivity contribution in [2.24, 2.45) is 12.0 Å². The molecule has 0 aliphatic carbocycles. The number of aliphatic imine (C=N–C) groups is 1. The fraction of sp³-hybridized carbons (Fsp3) is 0.0667. The van der Waals surface area contributed by atoms with E-state index < -0.39 is 10.9 Å². The van der Waals surface area contributed by atoms with Crippen molar-refractivity contribution in [3.8, 4) is 0 Å². The van der Waals surface area contributed by atoms with Crippen molar-refractivity contribution in [3.05, 3.63) is 69.7 Å². The van der Waals surface area contributed by atoms with Crippen LogP contribution < -0.4 is 0 Å². The van der Waals surface area contributed by atoms with Gasteiger partial charge in [0.25, 0.3) is 5.69 Å². The highest BCUT2D eigenvalue weighted by Gasteiger charge is 2.24. The van der Waals surface area contributed by atoms with Gasteiger partial charge in [0.1, 0.15) is 0 Å². The van der Waals surface area contributed by atoms with Gasteiger partial charge in [0.05, 0.1) is 4.92 Å². The minimum Gasteiger partial charge on any atom is -0.402 e. The van der Waals surface area contributed by atoms with Crippen LogP contribution in [0.5, 0.6) is 0 Å². The molecule has 2 aromatic rings. The van der Waals surface area contributed by atoms with Crippen LogP contribution in [0.15, 0.2) is 53.3 Å². The number of ether oxygens (including phenoxy) is 1. The highest BCUT2D eigenvalue weighted by atomic mass is 16.6. The number of nitro groups is 1. The number of aromatic nitrogens is 1. The average molecular weight is 297 g/mol. The Balaban J connectivity index is 1.91. The maximum atomic E-state index is 11.8. The second kappa shape index (κ2) is 5.28. The van der Waals surface area contributed by atoms with Crippen LogP contribution in [0.3, 0.4) is 0 Å². The first-order chi connectivity index (χ1) is 10.5. The van der Waals surface area contributed by atoms with Crippen LogP contribution in [-0.4, -0.2) is 21.4 Å². The number of non-ortho nitro benzene ring substituents is 1. The fourth-order valence-electron chi connectivity index (χ4n) is 2.02. The molecule has 0 bridgehead atoms. The summed E-state index contributed by atoms with van der Waals surface area (Å²) >= 11 is 0. The third-order valence-electron chi connectivity index (χ3n) is 3.21. The average Bonchev–Trinajstić information content (AvgIpc) is 3.07. The van der Waals surface area contributed by atoms with Gasteiger partial charge in [0, 0.05) is 36.6 Å². The topological polar surface area (TPSA) is 86.7 Å². The molecule has 0 radical (unpaired) electrons. The Morgan fingerprint density at radius 2 is 2.00 bits per heavy atom. The first-order valence-corrected chi connectivity index (χ1v) is 6.43. The molecule has 22 heavy (non-hydrogen) atoms. The summed E-state index contributed by atoms with van der Waals surface area (Å²) in [6.07, 6.45) is 3.48. The predicted octanol–water partition coefficient (Wildman–Crippen LogP) is 2.28. The Kier molecular flexibility index (Phi) is 3.30. The van der Waals surface area contributed by atoms with E-state index in [2.05, 4.69) is 4.99 Å². The minimum atomic E-state index is -0.547. The van der Waals surface area contributed by atoms with E-state index in [0.717, 1.165) is 5.69 Å². The van der Waals surface area contributed by atoms with Gasteiger partial charge in [0.15, 0.2) is 5.70 Å². The smallest absolute Gasteiger partial charge is 0.363 e. The van der Waals surface area contributed by atoms with Crippen molar-refractivity contribution >= 4 is 23.6 Å². The van der Waals surface area contributed by atoms with E-state index in [9.17, 15) is 14.9 Å². The molecule has 1 aliphatic rings. The zero-order valence-corrected chi connectivity index (χ0v) is 11.6. The molecule has 7 nitrogen and oxygen atoms in total. The zero-order valence-electron chi connectivity index (χ0n) is 11.6. The van der Waals surface area contributed by atoms with Crippen molar-refractivity contribution in [1.29, 1.82) is 0 Å². The lowest BCUT2D eigenvalue weighted by molar-refractivity contribution is -0.384. The summed E-state index contributed by atoms with van der Waals surface area (Å²) < 4.78 is 6.96. The molecule has 0 amide bonds. The number of esters is 1. The van der Waals surface area contributed by atoms with E-state index in [1.54, 1.807) is 6.08 Å². The summed E-state index contributed by atoms with van der Waals surface area (Å²) in [6.45, 7) is 0. The van der Waals surface area contributed by atoms with Crippen molar-refractivity contribution < 1.29 is 14.5 Å². The van der Waals surface area contributed by atoms with E-state index >= 15 is 0 Å². The van der Waals surface area contributed by atoms with Crippen LogP contribution in [0.25, 0.3) is 6.08 Å². The number of carbonyl (C=O) groups excluding carboxylic acids is 1. The first kappa shape index (κ1) is 13.7. The lowest BCUT2D eigenvalue weighted by Gasteiger charge is -1.98. The van der Waals surface area contributed by atoms with E-state index in [1.807, 2.05) is 29.9 Å². The van der Waals surface area contributed by atoms with Crippen molar-refractivity contribution in [1.82, 2.24) is 4.57 Å². The van der Waals surface area contributed by atoms with Gasteiger partial charge in [-0.3, -0.25) is 10.1 Å². The van der Waals surface area contributed by atoms with Crippen LogP contribution in [0.1, 0.15) is 11.3 Å². The third-order valence-corrected chi connectivity index (χ3v) is 3.21. The number of hydrogen-bond donors (Lipinski definition) is 0. The molecular formula is C15H11N3O4. The van der Waals surface area contributed by atoms with Crippen molar-refractivity contribution in [2.75, 3.05) is 0 Å². The molecule has 1 aromatic carbocycles. The molecule has 0 spiro atoms. The third kappa shape index (κ3) is 2.51. The number of cyclic esters (lactones) is 1. The molecule has 110 valence electrons. The number of hydrogen-bond acceptors (Lipinski definition) is 5. The number of rotatable bonds is 3. The molecule has 1 aliphatic heterocycles. The minimum absolute atomic E-state index is 0.0340. The Hall–Kier alpha value is -3.22. The Morgan fingerprint density at radius 1 is 1.27 bits per heavy atom. The molecule has 0 unspecified atom stereocenters. The molecule has 0 saturated carbocycles. The summed E-state index contributed by atoms with van der Waals surface area (Å²) in [5, 5.41) is 10.6. The molecule has 7 heteroatoms. The highest BCUT2D eigenvalue weighted by Crippen LogP contribution is 2.20. The van der Waals surface area contributed by atoms with Gasteiger partial charge >= 0.3 is 5.97 Å². The molecule has 0 saturated heterocycles. The zero-order chi connectivity index (χ0) is 15.7. The second-order valence-corrected chi connectivity index (χ2v) is 4.68. The summed E-state index contributed by atoms with van der Waals surface area (Å²) in [5.74, 6) is -0.407. The van der Waals surface area contributed by atoms with Crippen LogP contribution in [0, 0.1) is 10.1 Å². The van der Waals surface area contributed by atoms with Gasteiger partial charge < -0.3 is 9.30 Å². The molecule has 2 heterocycles. The maximum absolute atomic E-state index is 11.8. The lowest BCUT2D eigenvalue weighted by atomic mass is 10.2. The summed E-state index contributed by atoms with van der Waals surface area (Å²) in [6, 6.07) is 9.37. The molecule has 1 aromatic heterocycles. The molecular weight excluding hydrogens is 286 g/mol. The van der Waals surface area contributed by atoms with Gasteiger partial charge in [0.2, 0.25) is 5.90 Å². The van der Waals surface area contributed by atoms with Gasteiger partial charge in [-0.2, -0.15) is 0 Å². The summed E-state index contributed by atoms with van der Waals surface area (Å²) in [7, 11) is 1.85. The molecule has 0 fully saturated rings. The number of nitro benzene ring substituents is 1. The molecule has 3 rings (SSSR count). The van der Waals surface area contributed by atoms with Gasteiger partial charge in [-0.15, -0.1) is 0 Å². The van der Waals surface area contributed by atoms with E-state index in [-0.39, 0.29) is 17.3 Å². The largest absolute Gasteiger partial charge is 0.402 e. The Labute approximate surface area is 125 Å². The van der Waals surface area contributed by atoms with Crippen LogP contribution in [-0.2, 0) is 16.6 Å². The quantitative estimate of drug-likeness (QED) is 0.376. The number of nitrogens with zero attached hydrogens (tertiary/aromatic N) is 3.